The summed E-state index contributed by atoms with van der Waals surface area (Å²) in [6, 6.07) is 9.48. The zero-order valence-corrected chi connectivity index (χ0v) is 11.6. The molecule has 0 saturated carbocycles. The first-order valence-electron chi connectivity index (χ1n) is 6.61. The van der Waals surface area contributed by atoms with Crippen molar-refractivity contribution in [2.45, 2.75) is 19.4 Å². The average Bonchev–Trinajstić information content (AvgIpc) is 3.01. The Hall–Kier alpha value is -2.60. The number of nitrogens with two attached hydrogens (primary N) is 1. The van der Waals surface area contributed by atoms with E-state index in [1.54, 1.807) is 36.4 Å². The van der Waals surface area contributed by atoms with Gasteiger partial charge in [-0.05, 0) is 36.8 Å². The fraction of sp³-hybridized carbons (Fsp3) is 0.200. The number of benzene rings is 1. The van der Waals surface area contributed by atoms with Crippen LogP contribution in [0.25, 0.3) is 0 Å². The SMILES string of the molecule is CC[C@H](N)C(=O)Nc1cccc(NC(=O)c2ccco2)c1. The summed E-state index contributed by atoms with van der Waals surface area (Å²) >= 11 is 0. The zero-order valence-electron chi connectivity index (χ0n) is 11.6. The number of carbonyl (C=O) groups is 2. The lowest BCUT2D eigenvalue weighted by Crippen LogP contribution is -2.34. The Morgan fingerprint density at radius 3 is 2.52 bits per heavy atom. The van der Waals surface area contributed by atoms with Crippen molar-refractivity contribution in [3.05, 3.63) is 48.4 Å². The first-order chi connectivity index (χ1) is 10.1. The fourth-order valence-electron chi connectivity index (χ4n) is 1.70. The van der Waals surface area contributed by atoms with Crippen LogP contribution >= 0.6 is 0 Å². The molecule has 0 radical (unpaired) electrons. The molecular weight excluding hydrogens is 270 g/mol. The number of hydrogen-bond acceptors (Lipinski definition) is 4. The smallest absolute Gasteiger partial charge is 0.291 e. The minimum absolute atomic E-state index is 0.220. The Kier molecular flexibility index (Phi) is 4.73. The topological polar surface area (TPSA) is 97.4 Å². The van der Waals surface area contributed by atoms with Gasteiger partial charge in [0.15, 0.2) is 5.76 Å². The van der Waals surface area contributed by atoms with Gasteiger partial charge in [-0.2, -0.15) is 0 Å². The highest BCUT2D eigenvalue weighted by atomic mass is 16.3. The maximum atomic E-state index is 11.9. The van der Waals surface area contributed by atoms with Crippen LogP contribution in [0.5, 0.6) is 0 Å². The summed E-state index contributed by atoms with van der Waals surface area (Å²) in [6.45, 7) is 1.84. The van der Waals surface area contributed by atoms with E-state index in [9.17, 15) is 9.59 Å². The minimum atomic E-state index is -0.550. The molecule has 0 unspecified atom stereocenters. The summed E-state index contributed by atoms with van der Waals surface area (Å²) < 4.78 is 5.01. The number of furan rings is 1. The van der Waals surface area contributed by atoms with E-state index in [0.29, 0.717) is 17.8 Å². The van der Waals surface area contributed by atoms with E-state index in [1.165, 1.54) is 6.26 Å². The second kappa shape index (κ2) is 6.71. The van der Waals surface area contributed by atoms with Crippen LogP contribution in [0.1, 0.15) is 23.9 Å². The van der Waals surface area contributed by atoms with Gasteiger partial charge in [0.2, 0.25) is 5.91 Å². The summed E-state index contributed by atoms with van der Waals surface area (Å²) in [5.41, 5.74) is 6.78. The molecule has 0 bridgehead atoms. The molecule has 110 valence electrons. The van der Waals surface area contributed by atoms with Crippen LogP contribution in [0.3, 0.4) is 0 Å². The van der Waals surface area contributed by atoms with Gasteiger partial charge in [0.05, 0.1) is 12.3 Å². The third kappa shape index (κ3) is 3.93. The van der Waals surface area contributed by atoms with Crippen molar-refractivity contribution < 1.29 is 14.0 Å². The Morgan fingerprint density at radius 2 is 1.90 bits per heavy atom. The van der Waals surface area contributed by atoms with Crippen molar-refractivity contribution in [2.24, 2.45) is 5.73 Å². The maximum absolute atomic E-state index is 11.9. The summed E-state index contributed by atoms with van der Waals surface area (Å²) in [6.07, 6.45) is 1.98. The van der Waals surface area contributed by atoms with Crippen molar-refractivity contribution in [3.63, 3.8) is 0 Å². The van der Waals surface area contributed by atoms with Crippen LogP contribution in [-0.2, 0) is 4.79 Å². The molecule has 1 aromatic heterocycles. The maximum Gasteiger partial charge on any atom is 0.291 e. The molecule has 6 heteroatoms. The first kappa shape index (κ1) is 14.8. The van der Waals surface area contributed by atoms with E-state index in [2.05, 4.69) is 10.6 Å². The van der Waals surface area contributed by atoms with Gasteiger partial charge in [0.25, 0.3) is 5.91 Å². The van der Waals surface area contributed by atoms with E-state index in [0.717, 1.165) is 0 Å². The molecule has 2 rings (SSSR count). The first-order valence-corrected chi connectivity index (χ1v) is 6.61. The van der Waals surface area contributed by atoms with E-state index in [4.69, 9.17) is 10.2 Å². The second-order valence-corrected chi connectivity index (χ2v) is 4.52. The van der Waals surface area contributed by atoms with Crippen LogP contribution in [0.2, 0.25) is 0 Å². The molecule has 1 heterocycles. The van der Waals surface area contributed by atoms with Gasteiger partial charge in [0, 0.05) is 11.4 Å². The highest BCUT2D eigenvalue weighted by Crippen LogP contribution is 2.16. The highest BCUT2D eigenvalue weighted by Gasteiger charge is 2.12. The number of amides is 2. The monoisotopic (exact) mass is 287 g/mol. The summed E-state index contributed by atoms with van der Waals surface area (Å²) in [5, 5.41) is 5.39. The number of hydrogen-bond donors (Lipinski definition) is 3. The van der Waals surface area contributed by atoms with Gasteiger partial charge in [-0.25, -0.2) is 0 Å². The number of anilines is 2. The van der Waals surface area contributed by atoms with Crippen molar-refractivity contribution in [1.82, 2.24) is 0 Å². The van der Waals surface area contributed by atoms with Crippen molar-refractivity contribution in [1.29, 1.82) is 0 Å². The van der Waals surface area contributed by atoms with Gasteiger partial charge < -0.3 is 20.8 Å². The lowest BCUT2D eigenvalue weighted by Gasteiger charge is -2.11. The van der Waals surface area contributed by atoms with Crippen LogP contribution in [0.15, 0.2) is 47.1 Å². The molecule has 1 aromatic carbocycles. The van der Waals surface area contributed by atoms with Crippen molar-refractivity contribution in [2.75, 3.05) is 10.6 Å². The van der Waals surface area contributed by atoms with Crippen molar-refractivity contribution in [3.8, 4) is 0 Å². The lowest BCUT2D eigenvalue weighted by atomic mass is 10.2. The van der Waals surface area contributed by atoms with E-state index in [-0.39, 0.29) is 17.6 Å². The average molecular weight is 287 g/mol. The largest absolute Gasteiger partial charge is 0.459 e. The van der Waals surface area contributed by atoms with Gasteiger partial charge in [0.1, 0.15) is 0 Å². The Labute approximate surface area is 122 Å². The van der Waals surface area contributed by atoms with Crippen LogP contribution < -0.4 is 16.4 Å². The number of nitrogens with one attached hydrogen (secondary N) is 2. The van der Waals surface area contributed by atoms with E-state index in [1.807, 2.05) is 6.92 Å². The predicted octanol–water partition coefficient (Wildman–Crippen LogP) is 2.21. The molecule has 0 spiro atoms. The van der Waals surface area contributed by atoms with E-state index >= 15 is 0 Å². The number of rotatable bonds is 5. The molecule has 21 heavy (non-hydrogen) atoms. The molecule has 0 aliphatic heterocycles. The zero-order chi connectivity index (χ0) is 15.2. The van der Waals surface area contributed by atoms with Gasteiger partial charge >= 0.3 is 0 Å². The molecular formula is C15H17N3O3. The molecule has 4 N–H and O–H groups in total. The van der Waals surface area contributed by atoms with Crippen LogP contribution in [0.4, 0.5) is 11.4 Å². The minimum Gasteiger partial charge on any atom is -0.459 e. The van der Waals surface area contributed by atoms with Crippen molar-refractivity contribution >= 4 is 23.2 Å². The summed E-state index contributed by atoms with van der Waals surface area (Å²) in [5.74, 6) is -0.391. The summed E-state index contributed by atoms with van der Waals surface area (Å²) in [7, 11) is 0. The molecule has 2 aromatic rings. The second-order valence-electron chi connectivity index (χ2n) is 4.52. The van der Waals surface area contributed by atoms with Gasteiger partial charge in [-0.3, -0.25) is 9.59 Å². The van der Waals surface area contributed by atoms with Crippen LogP contribution in [-0.4, -0.2) is 17.9 Å². The quantitative estimate of drug-likeness (QED) is 0.785. The third-order valence-corrected chi connectivity index (χ3v) is 2.91. The Morgan fingerprint density at radius 1 is 1.19 bits per heavy atom. The Balaban J connectivity index is 2.04. The predicted molar refractivity (Wildman–Crippen MR) is 80.0 cm³/mol. The summed E-state index contributed by atoms with van der Waals surface area (Å²) in [4.78, 5) is 23.6. The van der Waals surface area contributed by atoms with Gasteiger partial charge in [-0.1, -0.05) is 13.0 Å². The molecule has 6 nitrogen and oxygen atoms in total. The number of carbonyl (C=O) groups excluding carboxylic acids is 2. The van der Waals surface area contributed by atoms with Gasteiger partial charge in [-0.15, -0.1) is 0 Å². The molecule has 0 saturated heterocycles. The van der Waals surface area contributed by atoms with E-state index < -0.39 is 6.04 Å². The third-order valence-electron chi connectivity index (χ3n) is 2.91. The normalized spacial score (nSPS) is 11.7. The fourth-order valence-corrected chi connectivity index (χ4v) is 1.70. The highest BCUT2D eigenvalue weighted by molar-refractivity contribution is 6.03. The lowest BCUT2D eigenvalue weighted by molar-refractivity contribution is -0.117. The Bertz CT molecular complexity index is 623. The molecule has 0 fully saturated rings. The molecule has 2 amide bonds. The standard InChI is InChI=1S/C15H17N3O3/c1-2-12(16)14(19)17-10-5-3-6-11(9-10)18-15(20)13-7-4-8-21-13/h3-9,12H,2,16H2,1H3,(H,17,19)(H,18,20)/t12-/m0/s1. The molecule has 0 aliphatic rings. The molecule has 1 atom stereocenters. The van der Waals surface area contributed by atoms with Crippen LogP contribution in [0, 0.1) is 0 Å². The molecule has 0 aliphatic carbocycles.